The van der Waals surface area contributed by atoms with Crippen molar-refractivity contribution in [2.24, 2.45) is 5.92 Å². The largest absolute Gasteiger partial charge is 0.368 e. The van der Waals surface area contributed by atoms with Gasteiger partial charge < -0.3 is 5.32 Å². The number of fused-ring (bicyclic) bond motifs is 3. The average molecular weight is 241 g/mol. The number of benzene rings is 1. The molecule has 3 nitrogen and oxygen atoms in total. The normalized spacial score (nSPS) is 13.3. The highest BCUT2D eigenvalue weighted by atomic mass is 15.2. The average Bonchev–Trinajstić information content (AvgIpc) is 2.80. The van der Waals surface area contributed by atoms with Gasteiger partial charge in [0.1, 0.15) is 0 Å². The fraction of sp³-hybridized carbons (Fsp3) is 0.400. The Morgan fingerprint density at radius 2 is 2.11 bits per heavy atom. The number of nitrogens with zero attached hydrogens (tertiary/aromatic N) is 1. The van der Waals surface area contributed by atoms with Crippen LogP contribution in [0.1, 0.15) is 25.0 Å². The van der Waals surface area contributed by atoms with Crippen LogP contribution in [-0.4, -0.2) is 16.7 Å². The first-order valence-corrected chi connectivity index (χ1v) is 6.65. The Bertz CT molecular complexity index is 555. The second-order valence-corrected chi connectivity index (χ2v) is 5.36. The molecule has 1 aromatic carbocycles. The maximum absolute atomic E-state index is 4.43. The summed E-state index contributed by atoms with van der Waals surface area (Å²) < 4.78 is 0. The van der Waals surface area contributed by atoms with E-state index in [9.17, 15) is 0 Å². The third kappa shape index (κ3) is 1.90. The molecule has 0 unspecified atom stereocenters. The molecule has 0 atom stereocenters. The van der Waals surface area contributed by atoms with Gasteiger partial charge in [-0.1, -0.05) is 38.1 Å². The number of hydrogen-bond donors (Lipinski definition) is 2. The predicted molar refractivity (Wildman–Crippen MR) is 74.8 cm³/mol. The smallest absolute Gasteiger partial charge is 0.151 e. The maximum Gasteiger partial charge on any atom is 0.151 e. The highest BCUT2D eigenvalue weighted by Crippen LogP contribution is 2.35. The molecular formula is C15H19N3. The zero-order chi connectivity index (χ0) is 12.5. The predicted octanol–water partition coefficient (Wildman–Crippen LogP) is 3.24. The van der Waals surface area contributed by atoms with Crippen LogP contribution < -0.4 is 5.32 Å². The minimum Gasteiger partial charge on any atom is -0.368 e. The molecule has 18 heavy (non-hydrogen) atoms. The molecule has 0 radical (unpaired) electrons. The fourth-order valence-electron chi connectivity index (χ4n) is 2.52. The van der Waals surface area contributed by atoms with Gasteiger partial charge in [-0.15, -0.1) is 0 Å². The molecule has 0 spiro atoms. The molecule has 0 bridgehead atoms. The van der Waals surface area contributed by atoms with E-state index >= 15 is 0 Å². The van der Waals surface area contributed by atoms with Gasteiger partial charge in [0.2, 0.25) is 0 Å². The van der Waals surface area contributed by atoms with Crippen molar-refractivity contribution >= 4 is 5.82 Å². The van der Waals surface area contributed by atoms with Crippen molar-refractivity contribution in [2.75, 3.05) is 11.9 Å². The van der Waals surface area contributed by atoms with E-state index in [2.05, 4.69) is 53.6 Å². The Labute approximate surface area is 108 Å². The first kappa shape index (κ1) is 11.3. The number of aromatic nitrogens is 2. The van der Waals surface area contributed by atoms with E-state index in [-0.39, 0.29) is 0 Å². The number of nitrogens with one attached hydrogen (secondary N) is 2. The number of hydrogen-bond acceptors (Lipinski definition) is 2. The quantitative estimate of drug-likeness (QED) is 0.866. The van der Waals surface area contributed by atoms with E-state index in [4.69, 9.17) is 0 Å². The molecule has 1 heterocycles. The molecule has 2 aromatic rings. The summed E-state index contributed by atoms with van der Waals surface area (Å²) in [6, 6.07) is 8.59. The molecule has 3 rings (SSSR count). The number of aromatic amines is 1. The summed E-state index contributed by atoms with van der Waals surface area (Å²) in [5.74, 6) is 1.67. The summed E-state index contributed by atoms with van der Waals surface area (Å²) in [4.78, 5) is 0. The van der Waals surface area contributed by atoms with Gasteiger partial charge in [0, 0.05) is 17.7 Å². The number of H-pyrrole nitrogens is 1. The summed E-state index contributed by atoms with van der Waals surface area (Å²) in [6.45, 7) is 5.39. The van der Waals surface area contributed by atoms with Crippen LogP contribution in [0.25, 0.3) is 11.3 Å². The molecule has 0 aliphatic heterocycles. The first-order chi connectivity index (χ1) is 8.75. The highest BCUT2D eigenvalue weighted by molar-refractivity contribution is 5.74. The number of aryl methyl sites for hydroxylation is 1. The molecule has 1 aliphatic rings. The van der Waals surface area contributed by atoms with E-state index in [0.29, 0.717) is 5.92 Å². The Morgan fingerprint density at radius 1 is 1.28 bits per heavy atom. The monoisotopic (exact) mass is 241 g/mol. The molecule has 0 fully saturated rings. The molecule has 0 saturated heterocycles. The van der Waals surface area contributed by atoms with Gasteiger partial charge in [-0.2, -0.15) is 5.10 Å². The molecule has 3 heteroatoms. The standard InChI is InChI=1S/C15H19N3/c1-10(2)9-16-15-13-8-7-11-5-3-4-6-12(11)14(13)17-18-15/h3-6,10H,7-9H2,1-2H3,(H2,16,17,18). The zero-order valence-electron chi connectivity index (χ0n) is 11.0. The zero-order valence-corrected chi connectivity index (χ0v) is 11.0. The van der Waals surface area contributed by atoms with E-state index in [0.717, 1.165) is 25.2 Å². The lowest BCUT2D eigenvalue weighted by atomic mass is 9.90. The second kappa shape index (κ2) is 4.48. The lowest BCUT2D eigenvalue weighted by molar-refractivity contribution is 0.686. The van der Waals surface area contributed by atoms with Crippen molar-refractivity contribution in [1.29, 1.82) is 0 Å². The van der Waals surface area contributed by atoms with Gasteiger partial charge in [-0.05, 0) is 24.3 Å². The number of anilines is 1. The van der Waals surface area contributed by atoms with Crippen LogP contribution in [0.15, 0.2) is 24.3 Å². The molecule has 2 N–H and O–H groups in total. The van der Waals surface area contributed by atoms with Crippen molar-refractivity contribution in [3.05, 3.63) is 35.4 Å². The Morgan fingerprint density at radius 3 is 2.94 bits per heavy atom. The van der Waals surface area contributed by atoms with Crippen LogP contribution in [0.2, 0.25) is 0 Å². The third-order valence-corrected chi connectivity index (χ3v) is 3.48. The molecule has 0 saturated carbocycles. The summed E-state index contributed by atoms with van der Waals surface area (Å²) in [7, 11) is 0. The van der Waals surface area contributed by atoms with Crippen LogP contribution in [0.5, 0.6) is 0 Å². The molecular weight excluding hydrogens is 222 g/mol. The summed E-state index contributed by atoms with van der Waals surface area (Å²) in [6.07, 6.45) is 2.18. The molecule has 1 aromatic heterocycles. The Balaban J connectivity index is 1.94. The van der Waals surface area contributed by atoms with Crippen LogP contribution in [-0.2, 0) is 12.8 Å². The molecule has 0 amide bonds. The van der Waals surface area contributed by atoms with Crippen LogP contribution >= 0.6 is 0 Å². The van der Waals surface area contributed by atoms with Crippen molar-refractivity contribution in [3.8, 4) is 11.3 Å². The van der Waals surface area contributed by atoms with Gasteiger partial charge in [-0.3, -0.25) is 5.10 Å². The summed E-state index contributed by atoms with van der Waals surface area (Å²) in [5, 5.41) is 11.1. The van der Waals surface area contributed by atoms with E-state index < -0.39 is 0 Å². The first-order valence-electron chi connectivity index (χ1n) is 6.65. The minimum atomic E-state index is 0.633. The van der Waals surface area contributed by atoms with Crippen LogP contribution in [0.3, 0.4) is 0 Å². The molecule has 1 aliphatic carbocycles. The van der Waals surface area contributed by atoms with Crippen molar-refractivity contribution in [1.82, 2.24) is 10.2 Å². The lowest BCUT2D eigenvalue weighted by Gasteiger charge is -2.16. The third-order valence-electron chi connectivity index (χ3n) is 3.48. The Kier molecular flexibility index (Phi) is 2.82. The van der Waals surface area contributed by atoms with E-state index in [1.807, 2.05) is 0 Å². The summed E-state index contributed by atoms with van der Waals surface area (Å²) in [5.41, 5.74) is 5.27. The maximum atomic E-state index is 4.43. The van der Waals surface area contributed by atoms with Crippen molar-refractivity contribution < 1.29 is 0 Å². The minimum absolute atomic E-state index is 0.633. The topological polar surface area (TPSA) is 40.7 Å². The van der Waals surface area contributed by atoms with E-state index in [1.165, 1.54) is 22.4 Å². The van der Waals surface area contributed by atoms with E-state index in [1.54, 1.807) is 0 Å². The fourth-order valence-corrected chi connectivity index (χ4v) is 2.52. The van der Waals surface area contributed by atoms with Gasteiger partial charge in [0.15, 0.2) is 5.82 Å². The second-order valence-electron chi connectivity index (χ2n) is 5.36. The highest BCUT2D eigenvalue weighted by Gasteiger charge is 2.21. The van der Waals surface area contributed by atoms with Crippen LogP contribution in [0, 0.1) is 5.92 Å². The summed E-state index contributed by atoms with van der Waals surface area (Å²) >= 11 is 0. The Hall–Kier alpha value is -1.77. The lowest BCUT2D eigenvalue weighted by Crippen LogP contribution is -2.11. The van der Waals surface area contributed by atoms with Gasteiger partial charge in [-0.25, -0.2) is 0 Å². The van der Waals surface area contributed by atoms with Crippen molar-refractivity contribution in [2.45, 2.75) is 26.7 Å². The van der Waals surface area contributed by atoms with Gasteiger partial charge in [0.05, 0.1) is 5.69 Å². The van der Waals surface area contributed by atoms with Gasteiger partial charge in [0.25, 0.3) is 0 Å². The number of rotatable bonds is 3. The molecule has 94 valence electrons. The van der Waals surface area contributed by atoms with Crippen LogP contribution in [0.4, 0.5) is 5.82 Å². The van der Waals surface area contributed by atoms with Gasteiger partial charge >= 0.3 is 0 Å². The SMILES string of the molecule is CC(C)CNc1n[nH]c2c1CCc1ccccc1-2. The van der Waals surface area contributed by atoms with Crippen molar-refractivity contribution in [3.63, 3.8) is 0 Å².